The van der Waals surface area contributed by atoms with E-state index in [-0.39, 0.29) is 0 Å². The summed E-state index contributed by atoms with van der Waals surface area (Å²) >= 11 is 0. The molecule has 0 saturated heterocycles. The van der Waals surface area contributed by atoms with Gasteiger partial charge in [0.05, 0.1) is 89.0 Å². The summed E-state index contributed by atoms with van der Waals surface area (Å²) in [7, 11) is 0. The Kier molecular flexibility index (Phi) is 19.7. The molecule has 6 heterocycles. The minimum Gasteiger partial charge on any atom is -0.309 e. The highest BCUT2D eigenvalue weighted by Gasteiger charge is 2.26. The maximum atomic E-state index is 5.40. The van der Waals surface area contributed by atoms with Crippen LogP contribution in [0.2, 0.25) is 0 Å². The Morgan fingerprint density at radius 1 is 0.163 bits per heavy atom. The van der Waals surface area contributed by atoms with Gasteiger partial charge in [0, 0.05) is 90.6 Å². The van der Waals surface area contributed by atoms with Crippen LogP contribution in [0.15, 0.2) is 492 Å². The van der Waals surface area contributed by atoms with Crippen LogP contribution in [0.25, 0.3) is 248 Å². The van der Waals surface area contributed by atoms with Crippen LogP contribution in [0.1, 0.15) is 0 Å². The molecule has 27 rings (SSSR count). The van der Waals surface area contributed by atoms with Gasteiger partial charge >= 0.3 is 0 Å². The fourth-order valence-electron chi connectivity index (χ4n) is 20.3. The molecule has 0 unspecified atom stereocenters. The fourth-order valence-corrected chi connectivity index (χ4v) is 20.3. The van der Waals surface area contributed by atoms with Gasteiger partial charge in [-0.3, -0.25) is 19.9 Å². The van der Waals surface area contributed by atoms with E-state index in [1.54, 1.807) is 24.8 Å². The zero-order valence-electron chi connectivity index (χ0n) is 73.3. The van der Waals surface area contributed by atoms with E-state index in [0.29, 0.717) is 0 Å². The van der Waals surface area contributed by atoms with Crippen LogP contribution in [0.5, 0.6) is 0 Å². The van der Waals surface area contributed by atoms with Crippen molar-refractivity contribution in [2.75, 3.05) is 0 Å². The highest BCUT2D eigenvalue weighted by atomic mass is 15.0. The maximum Gasteiger partial charge on any atom is 0.0973 e. The molecule has 630 valence electrons. The first-order chi connectivity index (χ1) is 67.0. The standard InChI is InChI=1S/C48H31N3.C42H27N3.C36H23N3/c1-4-14-32(15-5-1)36-26-28-41-44(31-36)51(43-29-27-33-16-10-11-23-39(33)45(41)43)38-22-12-21-37(30-38)40-24-13-25-42-48(40)50-47(35-19-8-3-9-20-35)46(49-42)34-17-6-2-7-18-34;1-3-10-28(11-4-1)31-15-9-16-32(24-31)33-18-20-35-40(25-33)45(39-21-19-30-14-7-8-17-34(30)42(35)39)41-27-38-37(43-22-23-44-38)26-36(41)29-12-5-2-6-13-29;1-3-9-24(10-4-1)27-15-17-29-34(21-27)39(33-18-16-26-13-7-8-14-28(26)36(29)33)35-23-32-31(37-19-20-38-32)22-30(35)25-11-5-2-6-12-25/h1-31H;1-27H;1-23H. The van der Waals surface area contributed by atoms with Gasteiger partial charge in [-0.15, -0.1) is 0 Å². The average molecular weight is 1720 g/mol. The molecule has 0 aliphatic rings. The van der Waals surface area contributed by atoms with Crippen LogP contribution < -0.4 is 0 Å². The molecule has 0 bridgehead atoms. The molecule has 0 aliphatic heterocycles. The molecule has 9 nitrogen and oxygen atoms in total. The van der Waals surface area contributed by atoms with Gasteiger partial charge in [0.15, 0.2) is 0 Å². The molecule has 0 aliphatic carbocycles. The van der Waals surface area contributed by atoms with Crippen molar-refractivity contribution in [2.24, 2.45) is 0 Å². The minimum absolute atomic E-state index is 0.868. The molecule has 0 amide bonds. The van der Waals surface area contributed by atoms with Gasteiger partial charge in [0.1, 0.15) is 0 Å². The van der Waals surface area contributed by atoms with Crippen LogP contribution in [-0.2, 0) is 0 Å². The second-order valence-electron chi connectivity index (χ2n) is 34.4. The van der Waals surface area contributed by atoms with Crippen molar-refractivity contribution in [1.82, 2.24) is 43.6 Å². The molecule has 9 heteroatoms. The second kappa shape index (κ2) is 33.7. The van der Waals surface area contributed by atoms with Gasteiger partial charge in [-0.25, -0.2) is 9.97 Å². The number of hydrogen-bond donors (Lipinski definition) is 0. The van der Waals surface area contributed by atoms with Crippen molar-refractivity contribution in [2.45, 2.75) is 0 Å². The summed E-state index contributed by atoms with van der Waals surface area (Å²) in [5, 5.41) is 15.0. The molecular formula is C126H81N9. The second-order valence-corrected chi connectivity index (χ2v) is 34.4. The van der Waals surface area contributed by atoms with Crippen molar-refractivity contribution < 1.29 is 0 Å². The molecule has 21 aromatic carbocycles. The lowest BCUT2D eigenvalue weighted by Crippen LogP contribution is -1.99. The molecule has 0 radical (unpaired) electrons. The summed E-state index contributed by atoms with van der Waals surface area (Å²) in [5.74, 6) is 0. The van der Waals surface area contributed by atoms with Crippen molar-refractivity contribution in [1.29, 1.82) is 0 Å². The van der Waals surface area contributed by atoms with Crippen LogP contribution in [-0.4, -0.2) is 43.6 Å². The third-order valence-corrected chi connectivity index (χ3v) is 26.5. The molecule has 0 atom stereocenters. The number of para-hydroxylation sites is 1. The normalized spacial score (nSPS) is 11.6. The molecule has 0 N–H and O–H groups in total. The van der Waals surface area contributed by atoms with E-state index in [9.17, 15) is 0 Å². The Morgan fingerprint density at radius 2 is 0.481 bits per heavy atom. The number of benzene rings is 21. The summed E-state index contributed by atoms with van der Waals surface area (Å²) in [6.07, 6.45) is 7.06. The van der Waals surface area contributed by atoms with Crippen molar-refractivity contribution in [3.05, 3.63) is 492 Å². The third kappa shape index (κ3) is 14.2. The highest BCUT2D eigenvalue weighted by Crippen LogP contribution is 2.47. The smallest absolute Gasteiger partial charge is 0.0973 e. The Bertz CT molecular complexity index is 9280. The molecule has 0 spiro atoms. The van der Waals surface area contributed by atoms with E-state index in [1.807, 2.05) is 12.1 Å². The van der Waals surface area contributed by atoms with Crippen LogP contribution in [0.4, 0.5) is 0 Å². The summed E-state index contributed by atoms with van der Waals surface area (Å²) in [6.45, 7) is 0. The topological polar surface area (TPSA) is 92.1 Å². The first-order valence-corrected chi connectivity index (χ1v) is 45.7. The third-order valence-electron chi connectivity index (χ3n) is 26.5. The summed E-state index contributed by atoms with van der Waals surface area (Å²) < 4.78 is 7.27. The molecular weight excluding hydrogens is 1640 g/mol. The summed E-state index contributed by atoms with van der Waals surface area (Å²) in [6, 6.07) is 167. The SMILES string of the molecule is c1ccc(-c2ccc3c4c5ccccc5ccc4n(-c4cc5nccnc5cc4-c4ccccc4)c3c2)cc1.c1ccc(-c2ccc3c4c5ccccc5ccc4n(-c4cccc(-c5cccc6nc(-c7ccccc7)c(-c7ccccc7)nc56)c4)c3c2)cc1.c1ccc(-c2cccc(-c3ccc4c5c6ccccc6ccc5n(-c5cc6nccnc6cc5-c5ccccc5)c4c3)c2)cc1. The van der Waals surface area contributed by atoms with Crippen molar-refractivity contribution >= 4 is 131 Å². The van der Waals surface area contributed by atoms with Crippen LogP contribution in [0.3, 0.4) is 0 Å². The minimum atomic E-state index is 0.868. The molecule has 6 aromatic heterocycles. The van der Waals surface area contributed by atoms with Gasteiger partial charge < -0.3 is 13.7 Å². The fraction of sp³-hybridized carbons (Fsp3) is 0. The zero-order chi connectivity index (χ0) is 89.2. The predicted octanol–water partition coefficient (Wildman–Crippen LogP) is 32.6. The molecule has 135 heavy (non-hydrogen) atoms. The zero-order valence-corrected chi connectivity index (χ0v) is 73.3. The maximum absolute atomic E-state index is 5.40. The Hall–Kier alpha value is -18.2. The number of fused-ring (bicyclic) bond motifs is 18. The predicted molar refractivity (Wildman–Crippen MR) is 563 cm³/mol. The summed E-state index contributed by atoms with van der Waals surface area (Å²) in [4.78, 5) is 29.4. The quantitative estimate of drug-likeness (QED) is 0.121. The average Bonchev–Trinajstić information content (AvgIpc) is 1.57. The largest absolute Gasteiger partial charge is 0.309 e. The van der Waals surface area contributed by atoms with Gasteiger partial charge in [-0.05, 0) is 178 Å². The molecule has 27 aromatic rings. The Labute approximate surface area is 778 Å². The first-order valence-electron chi connectivity index (χ1n) is 45.7. The van der Waals surface area contributed by atoms with Gasteiger partial charge in [0.2, 0.25) is 0 Å². The lowest BCUT2D eigenvalue weighted by molar-refractivity contribution is 1.18. The van der Waals surface area contributed by atoms with E-state index in [4.69, 9.17) is 15.0 Å². The molecule has 0 saturated carbocycles. The number of nitrogens with zero attached hydrogens (tertiary/aromatic N) is 9. The number of aromatic nitrogens is 9. The Morgan fingerprint density at radius 3 is 0.911 bits per heavy atom. The van der Waals surface area contributed by atoms with Gasteiger partial charge in [-0.2, -0.15) is 0 Å². The summed E-state index contributed by atoms with van der Waals surface area (Å²) in [5.41, 5.74) is 35.7. The molecule has 0 fully saturated rings. The van der Waals surface area contributed by atoms with E-state index in [1.165, 1.54) is 137 Å². The lowest BCUT2D eigenvalue weighted by atomic mass is 9.97. The van der Waals surface area contributed by atoms with E-state index >= 15 is 0 Å². The van der Waals surface area contributed by atoms with Crippen molar-refractivity contribution in [3.8, 4) is 117 Å². The first kappa shape index (κ1) is 79.0. The van der Waals surface area contributed by atoms with Gasteiger partial charge in [0.25, 0.3) is 0 Å². The van der Waals surface area contributed by atoms with Crippen LogP contribution >= 0.6 is 0 Å². The van der Waals surface area contributed by atoms with Crippen molar-refractivity contribution in [3.63, 3.8) is 0 Å². The van der Waals surface area contributed by atoms with E-state index < -0.39 is 0 Å². The Balaban J connectivity index is 0.000000109. The number of hydrogen-bond acceptors (Lipinski definition) is 6. The van der Waals surface area contributed by atoms with E-state index in [2.05, 4.69) is 484 Å². The lowest BCUT2D eigenvalue weighted by Gasteiger charge is -2.16. The number of rotatable bonds is 12. The highest BCUT2D eigenvalue weighted by molar-refractivity contribution is 6.25. The van der Waals surface area contributed by atoms with Crippen LogP contribution in [0, 0.1) is 0 Å². The van der Waals surface area contributed by atoms with Gasteiger partial charge in [-0.1, -0.05) is 382 Å². The monoisotopic (exact) mass is 1720 g/mol. The van der Waals surface area contributed by atoms with E-state index in [0.717, 1.165) is 112 Å².